The molecule has 5 nitrogen and oxygen atoms in total. The fraction of sp³-hybridized carbons (Fsp3) is 0.833. The second-order valence-electron chi connectivity index (χ2n) is 5.38. The Morgan fingerprint density at radius 1 is 1.35 bits per heavy atom. The van der Waals surface area contributed by atoms with Gasteiger partial charge in [0.15, 0.2) is 0 Å². The maximum atomic E-state index is 5.78. The predicted molar refractivity (Wildman–Crippen MR) is 67.4 cm³/mol. The van der Waals surface area contributed by atoms with Crippen LogP contribution in [0.1, 0.15) is 38.6 Å². The number of hydrogen-bond acceptors (Lipinski definition) is 5. The second kappa shape index (κ2) is 6.12. The lowest BCUT2D eigenvalue weighted by atomic mass is 9.93. The van der Waals surface area contributed by atoms with Crippen molar-refractivity contribution in [2.24, 2.45) is 11.1 Å². The van der Waals surface area contributed by atoms with Crippen LogP contribution in [0.2, 0.25) is 0 Å². The van der Waals surface area contributed by atoms with Gasteiger partial charge >= 0.3 is 0 Å². The molecule has 0 aliphatic heterocycles. The molecule has 17 heavy (non-hydrogen) atoms. The molecule has 0 fully saturated rings. The van der Waals surface area contributed by atoms with Crippen molar-refractivity contribution in [3.8, 4) is 0 Å². The van der Waals surface area contributed by atoms with Crippen LogP contribution in [0.15, 0.2) is 4.63 Å². The first-order valence-electron chi connectivity index (χ1n) is 6.19. The molecular weight excluding hydrogens is 216 g/mol. The zero-order chi connectivity index (χ0) is 12.9. The van der Waals surface area contributed by atoms with E-state index in [2.05, 4.69) is 36.0 Å². The molecule has 0 aromatic carbocycles. The van der Waals surface area contributed by atoms with Gasteiger partial charge in [-0.05, 0) is 31.8 Å². The summed E-state index contributed by atoms with van der Waals surface area (Å²) in [4.78, 5) is 2.36. The predicted octanol–water partition coefficient (Wildman–Crippen LogP) is 1.57. The summed E-state index contributed by atoms with van der Waals surface area (Å²) in [5.41, 5.74) is 7.70. The maximum absolute atomic E-state index is 5.78. The van der Waals surface area contributed by atoms with E-state index in [0.717, 1.165) is 37.4 Å². The SMILES string of the molecule is CCCN(Cc1nonc1C)CC(C)(C)CN. The van der Waals surface area contributed by atoms with E-state index >= 15 is 0 Å². The molecule has 0 aliphatic carbocycles. The van der Waals surface area contributed by atoms with Crippen molar-refractivity contribution >= 4 is 0 Å². The van der Waals surface area contributed by atoms with Gasteiger partial charge in [0.2, 0.25) is 0 Å². The van der Waals surface area contributed by atoms with Crippen molar-refractivity contribution in [3.05, 3.63) is 11.4 Å². The smallest absolute Gasteiger partial charge is 0.122 e. The highest BCUT2D eigenvalue weighted by atomic mass is 16.6. The Kier molecular flexibility index (Phi) is 5.08. The molecule has 0 atom stereocenters. The first-order valence-corrected chi connectivity index (χ1v) is 6.19. The maximum Gasteiger partial charge on any atom is 0.122 e. The highest BCUT2D eigenvalue weighted by Gasteiger charge is 2.21. The zero-order valence-corrected chi connectivity index (χ0v) is 11.4. The topological polar surface area (TPSA) is 68.2 Å². The van der Waals surface area contributed by atoms with Gasteiger partial charge in [0.05, 0.1) is 0 Å². The number of aryl methyl sites for hydroxylation is 1. The standard InChI is InChI=1S/C12H24N4O/c1-5-6-16(9-12(3,4)8-13)7-11-10(2)14-17-15-11/h5-9,13H2,1-4H3. The summed E-state index contributed by atoms with van der Waals surface area (Å²) in [5.74, 6) is 0. The van der Waals surface area contributed by atoms with E-state index in [1.54, 1.807) is 0 Å². The molecule has 0 unspecified atom stereocenters. The molecule has 2 N–H and O–H groups in total. The molecule has 1 heterocycles. The van der Waals surface area contributed by atoms with E-state index in [9.17, 15) is 0 Å². The average molecular weight is 240 g/mol. The molecule has 0 aliphatic rings. The van der Waals surface area contributed by atoms with Crippen LogP contribution in [-0.2, 0) is 6.54 Å². The van der Waals surface area contributed by atoms with Gasteiger partial charge in [-0.15, -0.1) is 0 Å². The normalized spacial score (nSPS) is 12.4. The number of nitrogens with zero attached hydrogens (tertiary/aromatic N) is 3. The van der Waals surface area contributed by atoms with Crippen LogP contribution in [0, 0.1) is 12.3 Å². The summed E-state index contributed by atoms with van der Waals surface area (Å²) in [7, 11) is 0. The number of aromatic nitrogens is 2. The first kappa shape index (κ1) is 14.1. The van der Waals surface area contributed by atoms with E-state index in [-0.39, 0.29) is 5.41 Å². The van der Waals surface area contributed by atoms with Crippen molar-refractivity contribution in [2.45, 2.75) is 40.7 Å². The molecular formula is C12H24N4O. The minimum Gasteiger partial charge on any atom is -0.330 e. The summed E-state index contributed by atoms with van der Waals surface area (Å²) < 4.78 is 4.73. The Morgan fingerprint density at radius 2 is 2.06 bits per heavy atom. The largest absolute Gasteiger partial charge is 0.330 e. The van der Waals surface area contributed by atoms with Gasteiger partial charge in [-0.25, -0.2) is 4.63 Å². The molecule has 0 spiro atoms. The van der Waals surface area contributed by atoms with Crippen molar-refractivity contribution in [1.82, 2.24) is 15.2 Å². The molecule has 0 bridgehead atoms. The van der Waals surface area contributed by atoms with Gasteiger partial charge in [0, 0.05) is 13.1 Å². The van der Waals surface area contributed by atoms with Crippen LogP contribution in [0.25, 0.3) is 0 Å². The average Bonchev–Trinajstić information content (AvgIpc) is 2.64. The molecule has 1 rings (SSSR count). The van der Waals surface area contributed by atoms with Crippen LogP contribution < -0.4 is 5.73 Å². The Hall–Kier alpha value is -0.940. The molecule has 0 saturated heterocycles. The molecule has 98 valence electrons. The molecule has 0 amide bonds. The summed E-state index contributed by atoms with van der Waals surface area (Å²) >= 11 is 0. The van der Waals surface area contributed by atoms with Gasteiger partial charge < -0.3 is 5.73 Å². The third kappa shape index (κ3) is 4.44. The van der Waals surface area contributed by atoms with Gasteiger partial charge in [-0.3, -0.25) is 4.90 Å². The van der Waals surface area contributed by atoms with E-state index in [1.165, 1.54) is 0 Å². The third-order valence-electron chi connectivity index (χ3n) is 2.86. The Bertz CT molecular complexity index is 335. The van der Waals surface area contributed by atoms with E-state index in [0.29, 0.717) is 6.54 Å². The number of rotatable bonds is 7. The summed E-state index contributed by atoms with van der Waals surface area (Å²) in [5, 5.41) is 7.74. The monoisotopic (exact) mass is 240 g/mol. The molecule has 1 aromatic heterocycles. The van der Waals surface area contributed by atoms with Gasteiger partial charge in [0.25, 0.3) is 0 Å². The lowest BCUT2D eigenvalue weighted by Gasteiger charge is -2.31. The summed E-state index contributed by atoms with van der Waals surface area (Å²) in [6, 6.07) is 0. The lowest BCUT2D eigenvalue weighted by Crippen LogP contribution is -2.39. The minimum atomic E-state index is 0.125. The van der Waals surface area contributed by atoms with Crippen LogP contribution >= 0.6 is 0 Å². The van der Waals surface area contributed by atoms with Crippen LogP contribution in [0.3, 0.4) is 0 Å². The van der Waals surface area contributed by atoms with E-state index in [4.69, 9.17) is 10.4 Å². The highest BCUT2D eigenvalue weighted by Crippen LogP contribution is 2.17. The molecule has 0 saturated carbocycles. The summed E-state index contributed by atoms with van der Waals surface area (Å²) in [6.45, 7) is 11.9. The van der Waals surface area contributed by atoms with Gasteiger partial charge in [0.1, 0.15) is 11.4 Å². The van der Waals surface area contributed by atoms with Crippen molar-refractivity contribution in [1.29, 1.82) is 0 Å². The molecule has 0 radical (unpaired) electrons. The van der Waals surface area contributed by atoms with Gasteiger partial charge in [-0.1, -0.05) is 31.1 Å². The summed E-state index contributed by atoms with van der Waals surface area (Å²) in [6.07, 6.45) is 1.12. The van der Waals surface area contributed by atoms with Crippen LogP contribution in [0.4, 0.5) is 0 Å². The highest BCUT2D eigenvalue weighted by molar-refractivity contribution is 5.04. The van der Waals surface area contributed by atoms with E-state index in [1.807, 2.05) is 6.92 Å². The Labute approximate surface area is 103 Å². The Morgan fingerprint density at radius 3 is 2.53 bits per heavy atom. The molecule has 5 heteroatoms. The number of nitrogens with two attached hydrogens (primary N) is 1. The van der Waals surface area contributed by atoms with Gasteiger partial charge in [-0.2, -0.15) is 0 Å². The second-order valence-corrected chi connectivity index (χ2v) is 5.38. The Balaban J connectivity index is 2.63. The molecule has 1 aromatic rings. The van der Waals surface area contributed by atoms with E-state index < -0.39 is 0 Å². The fourth-order valence-electron chi connectivity index (χ4n) is 1.80. The zero-order valence-electron chi connectivity index (χ0n) is 11.4. The van der Waals surface area contributed by atoms with Crippen molar-refractivity contribution in [2.75, 3.05) is 19.6 Å². The first-order chi connectivity index (χ1) is 7.98. The lowest BCUT2D eigenvalue weighted by molar-refractivity contribution is 0.171. The third-order valence-corrected chi connectivity index (χ3v) is 2.86. The van der Waals surface area contributed by atoms with Crippen molar-refractivity contribution < 1.29 is 4.63 Å². The van der Waals surface area contributed by atoms with Crippen LogP contribution in [0.5, 0.6) is 0 Å². The number of hydrogen-bond donors (Lipinski definition) is 1. The minimum absolute atomic E-state index is 0.125. The van der Waals surface area contributed by atoms with Crippen LogP contribution in [-0.4, -0.2) is 34.8 Å². The quantitative estimate of drug-likeness (QED) is 0.783. The van der Waals surface area contributed by atoms with Crippen molar-refractivity contribution in [3.63, 3.8) is 0 Å². The fourth-order valence-corrected chi connectivity index (χ4v) is 1.80.